The number of hydrogen-bond donors (Lipinski definition) is 2. The zero-order valence-electron chi connectivity index (χ0n) is 11.6. The van der Waals surface area contributed by atoms with Gasteiger partial charge in [0, 0.05) is 6.54 Å². The molecule has 2 unspecified atom stereocenters. The highest BCUT2D eigenvalue weighted by atomic mass is 35.5. The molecule has 0 spiro atoms. The van der Waals surface area contributed by atoms with Gasteiger partial charge in [-0.05, 0) is 31.0 Å². The molecular weight excluding hydrogens is 296 g/mol. The zero-order valence-corrected chi connectivity index (χ0v) is 12.4. The molecule has 1 amide bonds. The second-order valence-corrected chi connectivity index (χ2v) is 5.14. The van der Waals surface area contributed by atoms with Crippen LogP contribution < -0.4 is 11.1 Å². The molecule has 6 nitrogen and oxygen atoms in total. The van der Waals surface area contributed by atoms with Crippen LogP contribution in [0.4, 0.5) is 5.69 Å². The van der Waals surface area contributed by atoms with Crippen LogP contribution in [0.1, 0.15) is 23.2 Å². The van der Waals surface area contributed by atoms with Crippen molar-refractivity contribution in [1.82, 2.24) is 0 Å². The predicted molar refractivity (Wildman–Crippen MR) is 78.4 cm³/mol. The van der Waals surface area contributed by atoms with Crippen LogP contribution in [-0.2, 0) is 14.3 Å². The minimum atomic E-state index is -0.545. The van der Waals surface area contributed by atoms with E-state index in [1.54, 1.807) is 0 Å². The van der Waals surface area contributed by atoms with E-state index in [1.165, 1.54) is 25.3 Å². The molecule has 0 saturated carbocycles. The van der Waals surface area contributed by atoms with Gasteiger partial charge in [0.25, 0.3) is 5.91 Å². The van der Waals surface area contributed by atoms with Crippen molar-refractivity contribution < 1.29 is 19.1 Å². The number of nitrogens with two attached hydrogens (primary N) is 1. The molecule has 114 valence electrons. The number of ether oxygens (including phenoxy) is 2. The lowest BCUT2D eigenvalue weighted by Crippen LogP contribution is -2.30. The SMILES string of the molecule is COC(=O)c1ccc(Cl)c(NC(=O)C2CCC(CN)O2)c1. The topological polar surface area (TPSA) is 90.7 Å². The fourth-order valence-corrected chi connectivity index (χ4v) is 2.32. The molecule has 1 heterocycles. The number of carbonyl (C=O) groups is 2. The fraction of sp³-hybridized carbons (Fsp3) is 0.429. The highest BCUT2D eigenvalue weighted by Crippen LogP contribution is 2.26. The Morgan fingerprint density at radius 3 is 2.86 bits per heavy atom. The normalized spacial score (nSPS) is 21.1. The molecule has 0 radical (unpaired) electrons. The maximum absolute atomic E-state index is 12.1. The van der Waals surface area contributed by atoms with Crippen LogP contribution in [0.25, 0.3) is 0 Å². The monoisotopic (exact) mass is 312 g/mol. The number of methoxy groups -OCH3 is 1. The smallest absolute Gasteiger partial charge is 0.337 e. The van der Waals surface area contributed by atoms with Gasteiger partial charge in [0.1, 0.15) is 6.10 Å². The van der Waals surface area contributed by atoms with Crippen LogP contribution in [0.3, 0.4) is 0 Å². The summed E-state index contributed by atoms with van der Waals surface area (Å²) < 4.78 is 10.1. The summed E-state index contributed by atoms with van der Waals surface area (Å²) in [7, 11) is 1.29. The van der Waals surface area contributed by atoms with Crippen LogP contribution >= 0.6 is 11.6 Å². The van der Waals surface area contributed by atoms with Crippen molar-refractivity contribution in [3.05, 3.63) is 28.8 Å². The Hall–Kier alpha value is -1.63. The number of esters is 1. The first kappa shape index (κ1) is 15.8. The van der Waals surface area contributed by atoms with Crippen LogP contribution in [-0.4, -0.2) is 37.7 Å². The lowest BCUT2D eigenvalue weighted by molar-refractivity contribution is -0.126. The van der Waals surface area contributed by atoms with Crippen LogP contribution in [0, 0.1) is 0 Å². The summed E-state index contributed by atoms with van der Waals surface area (Å²) in [5.41, 5.74) is 6.17. The molecule has 21 heavy (non-hydrogen) atoms. The summed E-state index contributed by atoms with van der Waals surface area (Å²) in [6.07, 6.45) is 0.737. The summed E-state index contributed by atoms with van der Waals surface area (Å²) in [5, 5.41) is 3.01. The molecule has 1 fully saturated rings. The Kier molecular flexibility index (Phi) is 5.17. The van der Waals surface area contributed by atoms with E-state index >= 15 is 0 Å². The van der Waals surface area contributed by atoms with Crippen molar-refractivity contribution in [2.45, 2.75) is 25.0 Å². The Labute approximate surface area is 127 Å². The molecule has 7 heteroatoms. The Bertz CT molecular complexity index is 550. The van der Waals surface area contributed by atoms with E-state index in [1.807, 2.05) is 0 Å². The van der Waals surface area contributed by atoms with Crippen molar-refractivity contribution in [1.29, 1.82) is 0 Å². The molecule has 1 aromatic rings. The molecule has 0 aromatic heterocycles. The van der Waals surface area contributed by atoms with E-state index in [-0.39, 0.29) is 12.0 Å². The largest absolute Gasteiger partial charge is 0.465 e. The van der Waals surface area contributed by atoms with E-state index < -0.39 is 12.1 Å². The van der Waals surface area contributed by atoms with Crippen molar-refractivity contribution in [3.63, 3.8) is 0 Å². The molecule has 2 atom stereocenters. The molecule has 1 saturated heterocycles. The first-order chi connectivity index (χ1) is 10.0. The van der Waals surface area contributed by atoms with Gasteiger partial charge in [0.05, 0.1) is 29.5 Å². The van der Waals surface area contributed by atoms with Crippen molar-refractivity contribution in [2.75, 3.05) is 19.0 Å². The zero-order chi connectivity index (χ0) is 15.4. The van der Waals surface area contributed by atoms with Gasteiger partial charge in [-0.3, -0.25) is 4.79 Å². The first-order valence-corrected chi connectivity index (χ1v) is 6.97. The summed E-state index contributed by atoms with van der Waals surface area (Å²) in [5.74, 6) is -0.794. The quantitative estimate of drug-likeness (QED) is 0.824. The van der Waals surface area contributed by atoms with Crippen LogP contribution in [0.2, 0.25) is 5.02 Å². The number of amides is 1. The van der Waals surface area contributed by atoms with E-state index in [9.17, 15) is 9.59 Å². The van der Waals surface area contributed by atoms with Gasteiger partial charge in [0.2, 0.25) is 0 Å². The number of rotatable bonds is 4. The number of benzene rings is 1. The van der Waals surface area contributed by atoms with Crippen molar-refractivity contribution >= 4 is 29.2 Å². The molecule has 1 aromatic carbocycles. The van der Waals surface area contributed by atoms with Crippen LogP contribution in [0.15, 0.2) is 18.2 Å². The lowest BCUT2D eigenvalue weighted by Gasteiger charge is -2.14. The number of nitrogens with one attached hydrogen (secondary N) is 1. The minimum Gasteiger partial charge on any atom is -0.465 e. The minimum absolute atomic E-state index is 0.0855. The number of carbonyl (C=O) groups excluding carboxylic acids is 2. The highest BCUT2D eigenvalue weighted by Gasteiger charge is 2.30. The number of anilines is 1. The maximum atomic E-state index is 12.1. The van der Waals surface area contributed by atoms with E-state index in [0.717, 1.165) is 6.42 Å². The van der Waals surface area contributed by atoms with Gasteiger partial charge in [-0.25, -0.2) is 4.79 Å². The molecule has 3 N–H and O–H groups in total. The molecule has 0 bridgehead atoms. The third kappa shape index (κ3) is 3.72. The van der Waals surface area contributed by atoms with Gasteiger partial charge in [-0.1, -0.05) is 11.6 Å². The van der Waals surface area contributed by atoms with Gasteiger partial charge in [-0.2, -0.15) is 0 Å². The third-order valence-corrected chi connectivity index (χ3v) is 3.64. The summed E-state index contributed by atoms with van der Waals surface area (Å²) >= 11 is 6.02. The average Bonchev–Trinajstić information content (AvgIpc) is 2.97. The second-order valence-electron chi connectivity index (χ2n) is 4.74. The first-order valence-electron chi connectivity index (χ1n) is 6.59. The highest BCUT2D eigenvalue weighted by molar-refractivity contribution is 6.33. The standard InChI is InChI=1S/C14H17ClN2O4/c1-20-14(19)8-2-4-10(15)11(6-8)17-13(18)12-5-3-9(7-16)21-12/h2,4,6,9,12H,3,5,7,16H2,1H3,(H,17,18). The van der Waals surface area contributed by atoms with Crippen molar-refractivity contribution in [2.24, 2.45) is 5.73 Å². The van der Waals surface area contributed by atoms with E-state index in [4.69, 9.17) is 22.1 Å². The van der Waals surface area contributed by atoms with Gasteiger partial charge >= 0.3 is 5.97 Å². The van der Waals surface area contributed by atoms with Gasteiger partial charge in [-0.15, -0.1) is 0 Å². The Morgan fingerprint density at radius 1 is 1.48 bits per heavy atom. The molecule has 1 aliphatic rings. The fourth-order valence-electron chi connectivity index (χ4n) is 2.15. The Morgan fingerprint density at radius 2 is 2.24 bits per heavy atom. The van der Waals surface area contributed by atoms with Crippen LogP contribution in [0.5, 0.6) is 0 Å². The molecular formula is C14H17ClN2O4. The molecule has 1 aliphatic heterocycles. The van der Waals surface area contributed by atoms with E-state index in [0.29, 0.717) is 29.2 Å². The number of hydrogen-bond acceptors (Lipinski definition) is 5. The summed E-state index contributed by atoms with van der Waals surface area (Å²) in [4.78, 5) is 23.6. The Balaban J connectivity index is 2.08. The predicted octanol–water partition coefficient (Wildman–Crippen LogP) is 1.57. The lowest BCUT2D eigenvalue weighted by atomic mass is 10.1. The summed E-state index contributed by atoms with van der Waals surface area (Å²) in [6.45, 7) is 0.391. The molecule has 2 rings (SSSR count). The average molecular weight is 313 g/mol. The number of halogens is 1. The third-order valence-electron chi connectivity index (χ3n) is 3.31. The molecule has 0 aliphatic carbocycles. The van der Waals surface area contributed by atoms with E-state index in [2.05, 4.69) is 10.1 Å². The summed E-state index contributed by atoms with van der Waals surface area (Å²) in [6, 6.07) is 4.53. The van der Waals surface area contributed by atoms with Crippen molar-refractivity contribution in [3.8, 4) is 0 Å². The van der Waals surface area contributed by atoms with Gasteiger partial charge in [0.15, 0.2) is 0 Å². The van der Waals surface area contributed by atoms with Gasteiger partial charge < -0.3 is 20.5 Å². The maximum Gasteiger partial charge on any atom is 0.337 e. The second kappa shape index (κ2) is 6.89.